The maximum absolute atomic E-state index is 12.4. The van der Waals surface area contributed by atoms with Crippen molar-refractivity contribution < 1.29 is 18.3 Å². The molecule has 0 saturated heterocycles. The molecule has 0 unspecified atom stereocenters. The molecule has 0 radical (unpaired) electrons. The molecular formula is C12H16F3NO. The molecule has 0 heterocycles. The highest BCUT2D eigenvalue weighted by Crippen LogP contribution is 2.29. The molecule has 96 valence electrons. The van der Waals surface area contributed by atoms with Crippen LogP contribution in [0.5, 0.6) is 0 Å². The molecule has 1 atom stereocenters. The third-order valence-corrected chi connectivity index (χ3v) is 2.56. The van der Waals surface area contributed by atoms with Crippen LogP contribution in [0.15, 0.2) is 24.3 Å². The van der Waals surface area contributed by atoms with Gasteiger partial charge in [-0.25, -0.2) is 0 Å². The van der Waals surface area contributed by atoms with E-state index in [4.69, 9.17) is 5.11 Å². The molecule has 0 aliphatic carbocycles. The molecule has 0 aliphatic rings. The zero-order valence-corrected chi connectivity index (χ0v) is 9.59. The lowest BCUT2D eigenvalue weighted by Crippen LogP contribution is -2.31. The number of nitrogens with one attached hydrogen (secondary N) is 1. The normalized spacial score (nSPS) is 13.7. The average Bonchev–Trinajstić information content (AvgIpc) is 2.30. The minimum Gasteiger partial charge on any atom is -0.395 e. The molecule has 0 spiro atoms. The predicted molar refractivity (Wildman–Crippen MR) is 59.4 cm³/mol. The topological polar surface area (TPSA) is 32.3 Å². The summed E-state index contributed by atoms with van der Waals surface area (Å²) in [5.41, 5.74) is -0.0828. The maximum atomic E-state index is 12.4. The highest BCUT2D eigenvalue weighted by molar-refractivity contribution is 5.25. The first-order chi connectivity index (χ1) is 7.97. The molecule has 17 heavy (non-hydrogen) atoms. The summed E-state index contributed by atoms with van der Waals surface area (Å²) in [5.74, 6) is 0. The number of benzene rings is 1. The van der Waals surface area contributed by atoms with E-state index in [1.165, 1.54) is 6.07 Å². The molecule has 5 heteroatoms. The average molecular weight is 247 g/mol. The lowest BCUT2D eigenvalue weighted by molar-refractivity contribution is -0.137. The van der Waals surface area contributed by atoms with E-state index in [2.05, 4.69) is 5.32 Å². The fourth-order valence-corrected chi connectivity index (χ4v) is 1.46. The van der Waals surface area contributed by atoms with Gasteiger partial charge in [0, 0.05) is 12.6 Å². The highest BCUT2D eigenvalue weighted by atomic mass is 19.4. The summed E-state index contributed by atoms with van der Waals surface area (Å²) in [6, 6.07) is 5.11. The van der Waals surface area contributed by atoms with Crippen molar-refractivity contribution in [2.75, 3.05) is 6.61 Å². The summed E-state index contributed by atoms with van der Waals surface area (Å²) in [5, 5.41) is 11.9. The Morgan fingerprint density at radius 3 is 2.59 bits per heavy atom. The Morgan fingerprint density at radius 2 is 2.06 bits per heavy atom. The SMILES string of the molecule is CC[C@H](CO)NCc1cccc(C(F)(F)F)c1. The Balaban J connectivity index is 2.66. The Hall–Kier alpha value is -1.07. The molecule has 0 aromatic heterocycles. The van der Waals surface area contributed by atoms with Crippen LogP contribution in [0, 0.1) is 0 Å². The van der Waals surface area contributed by atoms with Crippen LogP contribution in [0.3, 0.4) is 0 Å². The van der Waals surface area contributed by atoms with Gasteiger partial charge in [0.05, 0.1) is 12.2 Å². The van der Waals surface area contributed by atoms with E-state index in [0.717, 1.165) is 18.6 Å². The van der Waals surface area contributed by atoms with Gasteiger partial charge in [-0.15, -0.1) is 0 Å². The van der Waals surface area contributed by atoms with E-state index in [-0.39, 0.29) is 12.6 Å². The predicted octanol–water partition coefficient (Wildman–Crippen LogP) is 2.57. The minimum absolute atomic E-state index is 0.0184. The molecule has 2 N–H and O–H groups in total. The van der Waals surface area contributed by atoms with Crippen LogP contribution in [-0.2, 0) is 12.7 Å². The minimum atomic E-state index is -4.31. The molecule has 0 saturated carbocycles. The molecule has 0 bridgehead atoms. The van der Waals surface area contributed by atoms with Crippen molar-refractivity contribution in [3.05, 3.63) is 35.4 Å². The van der Waals surface area contributed by atoms with Gasteiger partial charge in [-0.05, 0) is 18.1 Å². The third-order valence-electron chi connectivity index (χ3n) is 2.56. The van der Waals surface area contributed by atoms with Crippen molar-refractivity contribution in [3.63, 3.8) is 0 Å². The van der Waals surface area contributed by atoms with Gasteiger partial charge in [-0.1, -0.05) is 25.1 Å². The van der Waals surface area contributed by atoms with Crippen LogP contribution in [0.1, 0.15) is 24.5 Å². The summed E-state index contributed by atoms with van der Waals surface area (Å²) in [6.45, 7) is 2.21. The van der Waals surface area contributed by atoms with Crippen LogP contribution in [0.4, 0.5) is 13.2 Å². The quantitative estimate of drug-likeness (QED) is 0.838. The Morgan fingerprint density at radius 1 is 1.35 bits per heavy atom. The van der Waals surface area contributed by atoms with E-state index in [0.29, 0.717) is 12.1 Å². The second kappa shape index (κ2) is 6.02. The summed E-state index contributed by atoms with van der Waals surface area (Å²) in [4.78, 5) is 0. The first kappa shape index (κ1) is 14.0. The number of aliphatic hydroxyl groups excluding tert-OH is 1. The number of halogens is 3. The van der Waals surface area contributed by atoms with Gasteiger partial charge in [-0.2, -0.15) is 13.2 Å². The third kappa shape index (κ3) is 4.36. The number of hydrogen-bond donors (Lipinski definition) is 2. The lowest BCUT2D eigenvalue weighted by atomic mass is 10.1. The first-order valence-corrected chi connectivity index (χ1v) is 5.47. The van der Waals surface area contributed by atoms with E-state index in [9.17, 15) is 13.2 Å². The highest BCUT2D eigenvalue weighted by Gasteiger charge is 2.30. The standard InChI is InChI=1S/C12H16F3NO/c1-2-11(8-17)16-7-9-4-3-5-10(6-9)12(13,14)15/h3-6,11,16-17H,2,7-8H2,1H3/t11-/m1/s1. The molecule has 0 aliphatic heterocycles. The van der Waals surface area contributed by atoms with Crippen molar-refractivity contribution in [2.45, 2.75) is 32.1 Å². The summed E-state index contributed by atoms with van der Waals surface area (Å²) in [7, 11) is 0. The van der Waals surface area contributed by atoms with Gasteiger partial charge >= 0.3 is 6.18 Å². The van der Waals surface area contributed by atoms with Crippen LogP contribution in [0.25, 0.3) is 0 Å². The summed E-state index contributed by atoms with van der Waals surface area (Å²) >= 11 is 0. The molecular weight excluding hydrogens is 231 g/mol. The monoisotopic (exact) mass is 247 g/mol. The van der Waals surface area contributed by atoms with E-state index in [1.807, 2.05) is 6.92 Å². The smallest absolute Gasteiger partial charge is 0.395 e. The van der Waals surface area contributed by atoms with Crippen molar-refractivity contribution in [1.29, 1.82) is 0 Å². The molecule has 2 nitrogen and oxygen atoms in total. The number of aliphatic hydroxyl groups is 1. The second-order valence-electron chi connectivity index (χ2n) is 3.87. The fourth-order valence-electron chi connectivity index (χ4n) is 1.46. The van der Waals surface area contributed by atoms with Gasteiger partial charge in [0.25, 0.3) is 0 Å². The van der Waals surface area contributed by atoms with Crippen molar-refractivity contribution in [1.82, 2.24) is 5.32 Å². The zero-order valence-electron chi connectivity index (χ0n) is 9.59. The van der Waals surface area contributed by atoms with Crippen LogP contribution in [-0.4, -0.2) is 17.8 Å². The van der Waals surface area contributed by atoms with Gasteiger partial charge in [0.2, 0.25) is 0 Å². The van der Waals surface area contributed by atoms with Crippen LogP contribution in [0.2, 0.25) is 0 Å². The first-order valence-electron chi connectivity index (χ1n) is 5.47. The Kier molecular flexibility index (Phi) is 4.96. The van der Waals surface area contributed by atoms with E-state index >= 15 is 0 Å². The Bertz CT molecular complexity index is 348. The van der Waals surface area contributed by atoms with E-state index < -0.39 is 11.7 Å². The molecule has 1 rings (SSSR count). The molecule has 0 fully saturated rings. The zero-order chi connectivity index (χ0) is 12.9. The van der Waals surface area contributed by atoms with Crippen LogP contribution < -0.4 is 5.32 Å². The lowest BCUT2D eigenvalue weighted by Gasteiger charge is -2.14. The van der Waals surface area contributed by atoms with Crippen molar-refractivity contribution in [3.8, 4) is 0 Å². The number of alkyl halides is 3. The van der Waals surface area contributed by atoms with Gasteiger partial charge in [0.15, 0.2) is 0 Å². The molecule has 1 aromatic rings. The van der Waals surface area contributed by atoms with Gasteiger partial charge < -0.3 is 10.4 Å². The molecule has 0 amide bonds. The summed E-state index contributed by atoms with van der Waals surface area (Å²) in [6.07, 6.45) is -3.58. The van der Waals surface area contributed by atoms with Crippen molar-refractivity contribution >= 4 is 0 Å². The number of rotatable bonds is 5. The molecule has 1 aromatic carbocycles. The van der Waals surface area contributed by atoms with Gasteiger partial charge in [0.1, 0.15) is 0 Å². The van der Waals surface area contributed by atoms with Gasteiger partial charge in [-0.3, -0.25) is 0 Å². The van der Waals surface area contributed by atoms with E-state index in [1.54, 1.807) is 6.07 Å². The van der Waals surface area contributed by atoms with Crippen LogP contribution >= 0.6 is 0 Å². The second-order valence-corrected chi connectivity index (χ2v) is 3.87. The Labute approximate surface area is 98.5 Å². The largest absolute Gasteiger partial charge is 0.416 e. The summed E-state index contributed by atoms with van der Waals surface area (Å²) < 4.78 is 37.3. The number of hydrogen-bond acceptors (Lipinski definition) is 2. The van der Waals surface area contributed by atoms with Crippen molar-refractivity contribution in [2.24, 2.45) is 0 Å². The fraction of sp³-hybridized carbons (Fsp3) is 0.500. The maximum Gasteiger partial charge on any atom is 0.416 e.